The zero-order valence-electron chi connectivity index (χ0n) is 20.2. The minimum Gasteiger partial charge on any atom is -0.497 e. The Bertz CT molecular complexity index is 1510. The van der Waals surface area contributed by atoms with Crippen LogP contribution in [0.1, 0.15) is 26.5 Å². The quantitative estimate of drug-likeness (QED) is 0.300. The Balaban J connectivity index is 1.33. The zero-order chi connectivity index (χ0) is 25.6. The summed E-state index contributed by atoms with van der Waals surface area (Å²) < 4.78 is 12.3. The predicted octanol–water partition coefficient (Wildman–Crippen LogP) is 3.91. The smallest absolute Gasteiger partial charge is 0.252 e. The fourth-order valence-corrected chi connectivity index (χ4v) is 3.95. The highest BCUT2D eigenvalue weighted by Gasteiger charge is 2.18. The molecule has 3 heterocycles. The Kier molecular flexibility index (Phi) is 6.93. The second-order valence-corrected chi connectivity index (χ2v) is 8.28. The molecule has 0 aliphatic rings. The van der Waals surface area contributed by atoms with Crippen LogP contribution < -0.4 is 15.4 Å². The zero-order valence-corrected chi connectivity index (χ0v) is 20.2. The number of furan rings is 1. The van der Waals surface area contributed by atoms with Crippen molar-refractivity contribution in [1.29, 1.82) is 0 Å². The summed E-state index contributed by atoms with van der Waals surface area (Å²) in [5.41, 5.74) is 3.09. The molecule has 0 saturated heterocycles. The molecule has 5 rings (SSSR count). The van der Waals surface area contributed by atoms with E-state index in [-0.39, 0.29) is 24.9 Å². The molecule has 2 aromatic carbocycles. The highest BCUT2D eigenvalue weighted by atomic mass is 16.5. The van der Waals surface area contributed by atoms with Crippen LogP contribution in [0, 0.1) is 0 Å². The van der Waals surface area contributed by atoms with Crippen molar-refractivity contribution >= 4 is 22.8 Å². The van der Waals surface area contributed by atoms with Crippen LogP contribution in [0.5, 0.6) is 5.75 Å². The Morgan fingerprint density at radius 1 is 0.946 bits per heavy atom. The maximum Gasteiger partial charge on any atom is 0.252 e. The summed E-state index contributed by atoms with van der Waals surface area (Å²) in [6, 6.07) is 21.9. The van der Waals surface area contributed by atoms with Gasteiger partial charge >= 0.3 is 0 Å². The van der Waals surface area contributed by atoms with Crippen LogP contribution >= 0.6 is 0 Å². The summed E-state index contributed by atoms with van der Waals surface area (Å²) in [7, 11) is 1.57. The van der Waals surface area contributed by atoms with Crippen molar-refractivity contribution in [1.82, 2.24) is 25.4 Å². The Labute approximate surface area is 213 Å². The molecule has 186 valence electrons. The van der Waals surface area contributed by atoms with Gasteiger partial charge in [-0.3, -0.25) is 9.59 Å². The van der Waals surface area contributed by atoms with Gasteiger partial charge in [0.25, 0.3) is 11.8 Å². The van der Waals surface area contributed by atoms with Crippen molar-refractivity contribution in [2.45, 2.75) is 6.54 Å². The Hall–Kier alpha value is -4.92. The summed E-state index contributed by atoms with van der Waals surface area (Å²) in [5, 5.41) is 10.8. The minimum atomic E-state index is -0.277. The molecular weight excluding hydrogens is 470 g/mol. The van der Waals surface area contributed by atoms with Gasteiger partial charge in [-0.25, -0.2) is 9.67 Å². The lowest BCUT2D eigenvalue weighted by atomic mass is 10.1. The minimum absolute atomic E-state index is 0.228. The molecule has 0 saturated carbocycles. The van der Waals surface area contributed by atoms with Gasteiger partial charge in [-0.2, -0.15) is 5.10 Å². The Morgan fingerprint density at radius 3 is 2.41 bits per heavy atom. The first kappa shape index (κ1) is 23.8. The summed E-state index contributed by atoms with van der Waals surface area (Å²) in [6.07, 6.45) is 3.25. The fourth-order valence-electron chi connectivity index (χ4n) is 3.95. The predicted molar refractivity (Wildman–Crippen MR) is 138 cm³/mol. The van der Waals surface area contributed by atoms with Crippen LogP contribution in [0.25, 0.3) is 22.3 Å². The fraction of sp³-hybridized carbons (Fsp3) is 0.143. The summed E-state index contributed by atoms with van der Waals surface area (Å²) >= 11 is 0. The lowest BCUT2D eigenvalue weighted by Gasteiger charge is -2.10. The first-order valence-electron chi connectivity index (χ1n) is 11.8. The van der Waals surface area contributed by atoms with E-state index in [4.69, 9.17) is 14.1 Å². The molecule has 9 heteroatoms. The number of methoxy groups -OCH3 is 1. The van der Waals surface area contributed by atoms with Crippen LogP contribution in [-0.4, -0.2) is 46.8 Å². The molecule has 9 nitrogen and oxygen atoms in total. The van der Waals surface area contributed by atoms with E-state index >= 15 is 0 Å². The number of fused-ring (bicyclic) bond motifs is 1. The van der Waals surface area contributed by atoms with Gasteiger partial charge in [0, 0.05) is 24.2 Å². The molecule has 0 bridgehead atoms. The maximum absolute atomic E-state index is 13.2. The Morgan fingerprint density at radius 2 is 1.70 bits per heavy atom. The number of nitrogens with zero attached hydrogens (tertiary/aromatic N) is 3. The number of hydrogen-bond donors (Lipinski definition) is 2. The van der Waals surface area contributed by atoms with Gasteiger partial charge in [-0.15, -0.1) is 0 Å². The number of amides is 2. The molecule has 37 heavy (non-hydrogen) atoms. The van der Waals surface area contributed by atoms with Crippen molar-refractivity contribution in [3.63, 3.8) is 0 Å². The third-order valence-corrected chi connectivity index (χ3v) is 5.86. The highest BCUT2D eigenvalue weighted by Crippen LogP contribution is 2.25. The summed E-state index contributed by atoms with van der Waals surface area (Å²) in [5.74, 6) is 0.903. The molecule has 0 aliphatic carbocycles. The normalized spacial score (nSPS) is 10.8. The lowest BCUT2D eigenvalue weighted by Crippen LogP contribution is -2.34. The molecular formula is C28H25N5O4. The third kappa shape index (κ3) is 5.35. The number of aromatic nitrogens is 3. The van der Waals surface area contributed by atoms with Gasteiger partial charge in [0.1, 0.15) is 18.1 Å². The van der Waals surface area contributed by atoms with Crippen LogP contribution in [-0.2, 0) is 6.54 Å². The average molecular weight is 496 g/mol. The van der Waals surface area contributed by atoms with Crippen molar-refractivity contribution in [2.75, 3.05) is 20.2 Å². The number of carbonyl (C=O) groups is 2. The molecule has 0 aliphatic heterocycles. The van der Waals surface area contributed by atoms with Crippen LogP contribution in [0.15, 0.2) is 89.7 Å². The van der Waals surface area contributed by atoms with Crippen LogP contribution in [0.4, 0.5) is 0 Å². The molecule has 0 spiro atoms. The van der Waals surface area contributed by atoms with E-state index in [9.17, 15) is 9.59 Å². The largest absolute Gasteiger partial charge is 0.497 e. The number of hydrogen-bond acceptors (Lipinski definition) is 6. The van der Waals surface area contributed by atoms with E-state index in [1.165, 1.54) is 0 Å². The summed E-state index contributed by atoms with van der Waals surface area (Å²) in [6.45, 7) is 0.917. The van der Waals surface area contributed by atoms with Gasteiger partial charge in [-0.05, 0) is 42.5 Å². The monoisotopic (exact) mass is 495 g/mol. The van der Waals surface area contributed by atoms with E-state index in [0.717, 1.165) is 11.3 Å². The van der Waals surface area contributed by atoms with Gasteiger partial charge in [0.2, 0.25) is 0 Å². The number of ether oxygens (including phenoxy) is 1. The molecule has 0 unspecified atom stereocenters. The molecule has 0 fully saturated rings. The molecule has 3 aromatic heterocycles. The third-order valence-electron chi connectivity index (χ3n) is 5.86. The molecule has 5 aromatic rings. The lowest BCUT2D eigenvalue weighted by molar-refractivity contribution is 0.0928. The number of nitrogens with one attached hydrogen (secondary N) is 2. The van der Waals surface area contributed by atoms with E-state index in [1.54, 1.807) is 54.6 Å². The molecule has 0 radical (unpaired) electrons. The topological polar surface area (TPSA) is 111 Å². The van der Waals surface area contributed by atoms with Gasteiger partial charge in [0.05, 0.1) is 36.2 Å². The van der Waals surface area contributed by atoms with E-state index < -0.39 is 0 Å². The summed E-state index contributed by atoms with van der Waals surface area (Å²) in [4.78, 5) is 30.4. The maximum atomic E-state index is 13.2. The van der Waals surface area contributed by atoms with Crippen molar-refractivity contribution < 1.29 is 18.7 Å². The van der Waals surface area contributed by atoms with E-state index in [2.05, 4.69) is 15.7 Å². The number of rotatable bonds is 9. The average Bonchev–Trinajstić information content (AvgIpc) is 3.61. The number of benzene rings is 2. The molecule has 2 amide bonds. The SMILES string of the molecule is COc1ccc(C(=O)NCCNC(=O)c2cc(-c3ccccc3)nc3c2cnn3Cc2ccco2)cc1. The number of pyridine rings is 1. The first-order valence-corrected chi connectivity index (χ1v) is 11.8. The van der Waals surface area contributed by atoms with Crippen molar-refractivity contribution in [3.8, 4) is 17.0 Å². The second kappa shape index (κ2) is 10.8. The van der Waals surface area contributed by atoms with Crippen LogP contribution in [0.3, 0.4) is 0 Å². The van der Waals surface area contributed by atoms with Crippen LogP contribution in [0.2, 0.25) is 0 Å². The molecule has 0 atom stereocenters. The first-order chi connectivity index (χ1) is 18.1. The highest BCUT2D eigenvalue weighted by molar-refractivity contribution is 6.06. The number of carbonyl (C=O) groups excluding carboxylic acids is 2. The van der Waals surface area contributed by atoms with Crippen molar-refractivity contribution in [2.24, 2.45) is 0 Å². The van der Waals surface area contributed by atoms with E-state index in [0.29, 0.717) is 40.1 Å². The van der Waals surface area contributed by atoms with Gasteiger partial charge < -0.3 is 19.8 Å². The molecule has 2 N–H and O–H groups in total. The standard InChI is InChI=1S/C28H25N5O4/c1-36-21-11-9-20(10-12-21)27(34)29-13-14-30-28(35)23-16-25(19-6-3-2-4-7-19)32-26-24(23)17-31-33(26)18-22-8-5-15-37-22/h2-12,15-17H,13-14,18H2,1H3,(H,29,34)(H,30,35). The van der Waals surface area contributed by atoms with Crippen molar-refractivity contribution in [3.05, 3.63) is 102 Å². The van der Waals surface area contributed by atoms with Gasteiger partial charge in [-0.1, -0.05) is 30.3 Å². The van der Waals surface area contributed by atoms with E-state index in [1.807, 2.05) is 42.5 Å². The van der Waals surface area contributed by atoms with Gasteiger partial charge in [0.15, 0.2) is 5.65 Å². The second-order valence-electron chi connectivity index (χ2n) is 8.28.